The lowest BCUT2D eigenvalue weighted by Gasteiger charge is -2.10. The molecule has 2 N–H and O–H groups in total. The van der Waals surface area contributed by atoms with Crippen LogP contribution in [0.25, 0.3) is 0 Å². The molecule has 4 heteroatoms. The number of carboxylic acid groups (broad SMARTS) is 1. The molecule has 0 unspecified atom stereocenters. The molecule has 0 aliphatic heterocycles. The van der Waals surface area contributed by atoms with E-state index in [2.05, 4.69) is 12.2 Å². The molecule has 0 heterocycles. The van der Waals surface area contributed by atoms with Gasteiger partial charge in [0.1, 0.15) is 5.82 Å². The van der Waals surface area contributed by atoms with Crippen LogP contribution < -0.4 is 5.32 Å². The van der Waals surface area contributed by atoms with E-state index in [-0.39, 0.29) is 5.56 Å². The largest absolute Gasteiger partial charge is 0.478 e. The highest BCUT2D eigenvalue weighted by Gasteiger charge is 2.11. The van der Waals surface area contributed by atoms with Crippen LogP contribution in [0.1, 0.15) is 22.8 Å². The molecule has 0 aromatic heterocycles. The van der Waals surface area contributed by atoms with Crippen LogP contribution in [0.2, 0.25) is 0 Å². The molecule has 3 nitrogen and oxygen atoms in total. The van der Waals surface area contributed by atoms with Crippen LogP contribution in [0.4, 0.5) is 15.8 Å². The molecule has 2 aromatic carbocycles. The fourth-order valence-electron chi connectivity index (χ4n) is 1.78. The number of rotatable bonds is 4. The lowest BCUT2D eigenvalue weighted by atomic mass is 10.1. The van der Waals surface area contributed by atoms with Crippen molar-refractivity contribution in [1.29, 1.82) is 0 Å². The van der Waals surface area contributed by atoms with Gasteiger partial charge in [-0.1, -0.05) is 19.1 Å². The molecule has 0 fully saturated rings. The number of nitrogens with one attached hydrogen (secondary N) is 1. The Morgan fingerprint density at radius 3 is 2.47 bits per heavy atom. The predicted molar refractivity (Wildman–Crippen MR) is 72.5 cm³/mol. The Hall–Kier alpha value is -2.36. The van der Waals surface area contributed by atoms with Crippen molar-refractivity contribution in [2.75, 3.05) is 5.32 Å². The molecule has 2 rings (SSSR count). The topological polar surface area (TPSA) is 49.3 Å². The minimum atomic E-state index is -1.16. The third-order valence-corrected chi connectivity index (χ3v) is 2.85. The van der Waals surface area contributed by atoms with E-state index in [1.165, 1.54) is 17.7 Å². The Balaban J connectivity index is 2.29. The van der Waals surface area contributed by atoms with Gasteiger partial charge >= 0.3 is 5.97 Å². The van der Waals surface area contributed by atoms with Crippen LogP contribution in [0, 0.1) is 5.82 Å². The summed E-state index contributed by atoms with van der Waals surface area (Å²) >= 11 is 0. The van der Waals surface area contributed by atoms with Crippen LogP contribution in [-0.4, -0.2) is 11.1 Å². The fourth-order valence-corrected chi connectivity index (χ4v) is 1.78. The summed E-state index contributed by atoms with van der Waals surface area (Å²) < 4.78 is 13.1. The average molecular weight is 259 g/mol. The van der Waals surface area contributed by atoms with Gasteiger partial charge in [0.25, 0.3) is 0 Å². The van der Waals surface area contributed by atoms with Gasteiger partial charge in [-0.2, -0.15) is 0 Å². The molecule has 0 atom stereocenters. The standard InChI is InChI=1S/C15H14FNO2/c1-2-10-3-6-12(7-4-10)17-14-8-5-11(16)9-13(14)15(18)19/h3-9,17H,2H2,1H3,(H,18,19). The van der Waals surface area contributed by atoms with Crippen molar-refractivity contribution in [3.8, 4) is 0 Å². The molecular weight excluding hydrogens is 245 g/mol. The summed E-state index contributed by atoms with van der Waals surface area (Å²) in [5.41, 5.74) is 2.26. The van der Waals surface area contributed by atoms with Crippen molar-refractivity contribution in [3.63, 3.8) is 0 Å². The normalized spacial score (nSPS) is 10.2. The number of hydrogen-bond donors (Lipinski definition) is 2. The molecule has 2 aromatic rings. The molecule has 98 valence electrons. The van der Waals surface area contributed by atoms with Gasteiger partial charge < -0.3 is 10.4 Å². The van der Waals surface area contributed by atoms with Gasteiger partial charge in [-0.25, -0.2) is 9.18 Å². The number of aryl methyl sites for hydroxylation is 1. The molecule has 0 bridgehead atoms. The second kappa shape index (κ2) is 5.52. The highest BCUT2D eigenvalue weighted by atomic mass is 19.1. The van der Waals surface area contributed by atoms with Crippen LogP contribution >= 0.6 is 0 Å². The minimum absolute atomic E-state index is 0.0837. The Labute approximate surface area is 110 Å². The second-order valence-electron chi connectivity index (χ2n) is 4.17. The zero-order valence-corrected chi connectivity index (χ0v) is 10.5. The van der Waals surface area contributed by atoms with E-state index in [0.717, 1.165) is 18.2 Å². The maximum atomic E-state index is 13.1. The van der Waals surface area contributed by atoms with Gasteiger partial charge in [-0.3, -0.25) is 0 Å². The van der Waals surface area contributed by atoms with E-state index in [0.29, 0.717) is 5.69 Å². The summed E-state index contributed by atoms with van der Waals surface area (Å²) in [4.78, 5) is 11.1. The lowest BCUT2D eigenvalue weighted by Crippen LogP contribution is -2.03. The van der Waals surface area contributed by atoms with E-state index in [9.17, 15) is 9.18 Å². The lowest BCUT2D eigenvalue weighted by molar-refractivity contribution is 0.0697. The first-order valence-electron chi connectivity index (χ1n) is 5.99. The van der Waals surface area contributed by atoms with E-state index in [1.807, 2.05) is 24.3 Å². The minimum Gasteiger partial charge on any atom is -0.478 e. The first-order valence-corrected chi connectivity index (χ1v) is 5.99. The molecule has 0 amide bonds. The number of hydrogen-bond acceptors (Lipinski definition) is 2. The van der Waals surface area contributed by atoms with Gasteiger partial charge in [0.15, 0.2) is 0 Å². The third kappa shape index (κ3) is 3.10. The highest BCUT2D eigenvalue weighted by Crippen LogP contribution is 2.22. The Morgan fingerprint density at radius 1 is 1.21 bits per heavy atom. The SMILES string of the molecule is CCc1ccc(Nc2ccc(F)cc2C(=O)O)cc1. The van der Waals surface area contributed by atoms with Crippen LogP contribution in [0.15, 0.2) is 42.5 Å². The van der Waals surface area contributed by atoms with Gasteiger partial charge in [0, 0.05) is 5.69 Å². The van der Waals surface area contributed by atoms with Crippen molar-refractivity contribution in [2.24, 2.45) is 0 Å². The van der Waals surface area contributed by atoms with Crippen molar-refractivity contribution in [1.82, 2.24) is 0 Å². The predicted octanol–water partition coefficient (Wildman–Crippen LogP) is 3.83. The molecular formula is C15H14FNO2. The van der Waals surface area contributed by atoms with Gasteiger partial charge in [0.2, 0.25) is 0 Å². The first kappa shape index (κ1) is 13.1. The number of halogens is 1. The number of anilines is 2. The molecule has 0 saturated heterocycles. The van der Waals surface area contributed by atoms with Crippen molar-refractivity contribution in [2.45, 2.75) is 13.3 Å². The van der Waals surface area contributed by atoms with E-state index in [4.69, 9.17) is 5.11 Å². The van der Waals surface area contributed by atoms with Crippen molar-refractivity contribution >= 4 is 17.3 Å². The summed E-state index contributed by atoms with van der Waals surface area (Å²) in [6, 6.07) is 11.3. The maximum Gasteiger partial charge on any atom is 0.337 e. The van der Waals surface area contributed by atoms with Crippen LogP contribution in [0.3, 0.4) is 0 Å². The Kier molecular flexibility index (Phi) is 3.80. The molecule has 0 radical (unpaired) electrons. The van der Waals surface area contributed by atoms with Crippen molar-refractivity contribution < 1.29 is 14.3 Å². The first-order chi connectivity index (χ1) is 9.10. The van der Waals surface area contributed by atoms with Crippen molar-refractivity contribution in [3.05, 3.63) is 59.4 Å². The molecule has 0 saturated carbocycles. The third-order valence-electron chi connectivity index (χ3n) is 2.85. The van der Waals surface area contributed by atoms with Crippen LogP contribution in [0.5, 0.6) is 0 Å². The maximum absolute atomic E-state index is 13.1. The van der Waals surface area contributed by atoms with Gasteiger partial charge in [-0.05, 0) is 42.3 Å². The summed E-state index contributed by atoms with van der Waals surface area (Å²) in [5, 5.41) is 12.0. The number of benzene rings is 2. The summed E-state index contributed by atoms with van der Waals surface area (Å²) in [5.74, 6) is -1.73. The fraction of sp³-hybridized carbons (Fsp3) is 0.133. The summed E-state index contributed by atoms with van der Waals surface area (Å²) in [6.07, 6.45) is 0.942. The molecule has 0 spiro atoms. The smallest absolute Gasteiger partial charge is 0.337 e. The zero-order chi connectivity index (χ0) is 13.8. The van der Waals surface area contributed by atoms with E-state index >= 15 is 0 Å². The quantitative estimate of drug-likeness (QED) is 0.877. The van der Waals surface area contributed by atoms with Gasteiger partial charge in [0.05, 0.1) is 11.3 Å². The number of carboxylic acids is 1. The van der Waals surface area contributed by atoms with E-state index in [1.54, 1.807) is 0 Å². The number of carbonyl (C=O) groups is 1. The second-order valence-corrected chi connectivity index (χ2v) is 4.17. The van der Waals surface area contributed by atoms with Crippen LogP contribution in [-0.2, 0) is 6.42 Å². The molecule has 0 aliphatic carbocycles. The Morgan fingerprint density at radius 2 is 1.89 bits per heavy atom. The number of aromatic carboxylic acids is 1. The monoisotopic (exact) mass is 259 g/mol. The highest BCUT2D eigenvalue weighted by molar-refractivity contribution is 5.95. The Bertz CT molecular complexity index is 594. The summed E-state index contributed by atoms with van der Waals surface area (Å²) in [7, 11) is 0. The average Bonchev–Trinajstić information content (AvgIpc) is 2.41. The van der Waals surface area contributed by atoms with E-state index < -0.39 is 11.8 Å². The summed E-state index contributed by atoms with van der Waals surface area (Å²) in [6.45, 7) is 2.06. The molecule has 19 heavy (non-hydrogen) atoms. The zero-order valence-electron chi connectivity index (χ0n) is 10.5. The van der Waals surface area contributed by atoms with Gasteiger partial charge in [-0.15, -0.1) is 0 Å². The molecule has 0 aliphatic rings.